The van der Waals surface area contributed by atoms with Gasteiger partial charge in [0.2, 0.25) is 0 Å². The van der Waals surface area contributed by atoms with Crippen molar-refractivity contribution in [1.29, 1.82) is 0 Å². The number of hydrogen-bond acceptors (Lipinski definition) is 6. The molecule has 2 aliphatic rings. The van der Waals surface area contributed by atoms with Gasteiger partial charge in [0.25, 0.3) is 11.8 Å². The smallest absolute Gasteiger partial charge is 0.278 e. The van der Waals surface area contributed by atoms with E-state index in [4.69, 9.17) is 14.2 Å². The molecular formula is C23H24N2O5. The van der Waals surface area contributed by atoms with Crippen LogP contribution >= 0.6 is 0 Å². The number of ether oxygens (including phenoxy) is 3. The SMILES string of the molecule is CCCOc1ccc(C2=C(Nc3ccc4c(c3)OCCO4)C(=O)N(CC)C2=O)cc1. The van der Waals surface area contributed by atoms with Crippen molar-refractivity contribution in [2.45, 2.75) is 20.3 Å². The van der Waals surface area contributed by atoms with Crippen LogP contribution in [0.4, 0.5) is 5.69 Å². The van der Waals surface area contributed by atoms with E-state index >= 15 is 0 Å². The molecule has 30 heavy (non-hydrogen) atoms. The predicted octanol–water partition coefficient (Wildman–Crippen LogP) is 3.46. The van der Waals surface area contributed by atoms with Crippen LogP contribution in [0.1, 0.15) is 25.8 Å². The van der Waals surface area contributed by atoms with E-state index in [-0.39, 0.29) is 17.5 Å². The summed E-state index contributed by atoms with van der Waals surface area (Å²) in [4.78, 5) is 27.1. The molecule has 0 saturated heterocycles. The van der Waals surface area contributed by atoms with Crippen LogP contribution in [0, 0.1) is 0 Å². The van der Waals surface area contributed by atoms with Crippen molar-refractivity contribution in [3.05, 3.63) is 53.7 Å². The largest absolute Gasteiger partial charge is 0.494 e. The first-order chi connectivity index (χ1) is 14.6. The van der Waals surface area contributed by atoms with Gasteiger partial charge in [-0.2, -0.15) is 0 Å². The molecular weight excluding hydrogens is 384 g/mol. The molecule has 7 heteroatoms. The van der Waals surface area contributed by atoms with Crippen LogP contribution in [0.25, 0.3) is 5.57 Å². The van der Waals surface area contributed by atoms with Crippen LogP contribution in [-0.2, 0) is 9.59 Å². The molecule has 0 fully saturated rings. The first-order valence-corrected chi connectivity index (χ1v) is 10.1. The number of nitrogens with one attached hydrogen (secondary N) is 1. The standard InChI is InChI=1S/C23H24N2O5/c1-3-11-28-17-8-5-15(6-9-17)20-21(23(27)25(4-2)22(20)26)24-16-7-10-18-19(14-16)30-13-12-29-18/h5-10,14,24H,3-4,11-13H2,1-2H3. The number of amides is 2. The van der Waals surface area contributed by atoms with Gasteiger partial charge in [-0.15, -0.1) is 0 Å². The molecule has 0 radical (unpaired) electrons. The molecule has 0 spiro atoms. The number of imide groups is 1. The van der Waals surface area contributed by atoms with Gasteiger partial charge in [0.15, 0.2) is 11.5 Å². The second-order valence-electron chi connectivity index (χ2n) is 6.96. The second kappa shape index (κ2) is 8.49. The molecule has 7 nitrogen and oxygen atoms in total. The third kappa shape index (κ3) is 3.70. The molecule has 2 heterocycles. The highest BCUT2D eigenvalue weighted by Gasteiger charge is 2.38. The van der Waals surface area contributed by atoms with Crippen LogP contribution < -0.4 is 19.5 Å². The Kier molecular flexibility index (Phi) is 5.61. The van der Waals surface area contributed by atoms with Crippen molar-refractivity contribution >= 4 is 23.1 Å². The van der Waals surface area contributed by atoms with Crippen molar-refractivity contribution in [2.75, 3.05) is 31.7 Å². The average Bonchev–Trinajstić information content (AvgIpc) is 3.01. The molecule has 156 valence electrons. The van der Waals surface area contributed by atoms with Crippen LogP contribution in [0.5, 0.6) is 17.2 Å². The molecule has 2 amide bonds. The number of benzene rings is 2. The molecule has 2 aliphatic heterocycles. The fraction of sp³-hybridized carbons (Fsp3) is 0.304. The van der Waals surface area contributed by atoms with Gasteiger partial charge in [-0.1, -0.05) is 19.1 Å². The van der Waals surface area contributed by atoms with Crippen LogP contribution in [0.15, 0.2) is 48.2 Å². The van der Waals surface area contributed by atoms with E-state index in [2.05, 4.69) is 5.32 Å². The van der Waals surface area contributed by atoms with Crippen LogP contribution in [0.2, 0.25) is 0 Å². The van der Waals surface area contributed by atoms with Gasteiger partial charge in [0.05, 0.1) is 12.2 Å². The molecule has 0 bridgehead atoms. The number of carbonyl (C=O) groups excluding carboxylic acids is 2. The molecule has 0 aromatic heterocycles. The van der Waals surface area contributed by atoms with E-state index in [0.29, 0.717) is 54.7 Å². The Balaban J connectivity index is 1.68. The number of rotatable bonds is 7. The lowest BCUT2D eigenvalue weighted by atomic mass is 10.0. The fourth-order valence-electron chi connectivity index (χ4n) is 3.45. The van der Waals surface area contributed by atoms with Gasteiger partial charge in [0, 0.05) is 18.3 Å². The fourth-order valence-corrected chi connectivity index (χ4v) is 3.45. The lowest BCUT2D eigenvalue weighted by molar-refractivity contribution is -0.136. The number of likely N-dealkylation sites (N-methyl/N-ethyl adjacent to an activating group) is 1. The van der Waals surface area contributed by atoms with Gasteiger partial charge < -0.3 is 19.5 Å². The Morgan fingerprint density at radius 3 is 2.40 bits per heavy atom. The highest BCUT2D eigenvalue weighted by molar-refractivity contribution is 6.36. The minimum atomic E-state index is -0.348. The maximum absolute atomic E-state index is 13.0. The Labute approximate surface area is 175 Å². The van der Waals surface area contributed by atoms with Crippen molar-refractivity contribution in [1.82, 2.24) is 4.90 Å². The first kappa shape index (κ1) is 19.8. The van der Waals surface area contributed by atoms with E-state index in [0.717, 1.165) is 12.2 Å². The summed E-state index contributed by atoms with van der Waals surface area (Å²) >= 11 is 0. The van der Waals surface area contributed by atoms with Gasteiger partial charge >= 0.3 is 0 Å². The maximum atomic E-state index is 13.0. The number of hydrogen-bond donors (Lipinski definition) is 1. The summed E-state index contributed by atoms with van der Waals surface area (Å²) in [6, 6.07) is 12.6. The van der Waals surface area contributed by atoms with E-state index in [9.17, 15) is 9.59 Å². The molecule has 2 aromatic rings. The number of anilines is 1. The third-order valence-electron chi connectivity index (χ3n) is 4.91. The Morgan fingerprint density at radius 2 is 1.70 bits per heavy atom. The molecule has 4 rings (SSSR count). The van der Waals surface area contributed by atoms with Gasteiger partial charge in [-0.05, 0) is 43.2 Å². The quantitative estimate of drug-likeness (QED) is 0.707. The summed E-state index contributed by atoms with van der Waals surface area (Å²) < 4.78 is 16.8. The monoisotopic (exact) mass is 408 g/mol. The zero-order valence-corrected chi connectivity index (χ0v) is 17.1. The predicted molar refractivity (Wildman–Crippen MR) is 113 cm³/mol. The van der Waals surface area contributed by atoms with Gasteiger partial charge in [-0.25, -0.2) is 0 Å². The molecule has 0 atom stereocenters. The third-order valence-corrected chi connectivity index (χ3v) is 4.91. The number of fused-ring (bicyclic) bond motifs is 1. The van der Waals surface area contributed by atoms with E-state index in [1.165, 1.54) is 4.90 Å². The second-order valence-corrected chi connectivity index (χ2v) is 6.96. The lowest BCUT2D eigenvalue weighted by Gasteiger charge is -2.19. The van der Waals surface area contributed by atoms with E-state index in [1.54, 1.807) is 37.3 Å². The molecule has 0 saturated carbocycles. The Morgan fingerprint density at radius 1 is 0.967 bits per heavy atom. The topological polar surface area (TPSA) is 77.1 Å². The van der Waals surface area contributed by atoms with Crippen LogP contribution in [0.3, 0.4) is 0 Å². The molecule has 0 aliphatic carbocycles. The van der Waals surface area contributed by atoms with E-state index in [1.807, 2.05) is 19.1 Å². The minimum absolute atomic E-state index is 0.251. The summed E-state index contributed by atoms with van der Waals surface area (Å²) in [5.41, 5.74) is 1.90. The summed E-state index contributed by atoms with van der Waals surface area (Å²) in [5.74, 6) is 1.33. The lowest BCUT2D eigenvalue weighted by Crippen LogP contribution is -2.32. The summed E-state index contributed by atoms with van der Waals surface area (Å²) in [6.45, 7) is 5.72. The average molecular weight is 408 g/mol. The summed E-state index contributed by atoms with van der Waals surface area (Å²) in [7, 11) is 0. The Hall–Kier alpha value is -3.48. The van der Waals surface area contributed by atoms with E-state index < -0.39 is 0 Å². The minimum Gasteiger partial charge on any atom is -0.494 e. The Bertz CT molecular complexity index is 997. The number of carbonyl (C=O) groups is 2. The van der Waals surface area contributed by atoms with Gasteiger partial charge in [-0.3, -0.25) is 14.5 Å². The van der Waals surface area contributed by atoms with Gasteiger partial charge in [0.1, 0.15) is 24.7 Å². The zero-order chi connectivity index (χ0) is 21.1. The summed E-state index contributed by atoms with van der Waals surface area (Å²) in [5, 5.41) is 3.13. The highest BCUT2D eigenvalue weighted by atomic mass is 16.6. The van der Waals surface area contributed by atoms with Crippen LogP contribution in [-0.4, -0.2) is 43.1 Å². The first-order valence-electron chi connectivity index (χ1n) is 10.1. The zero-order valence-electron chi connectivity index (χ0n) is 17.1. The maximum Gasteiger partial charge on any atom is 0.278 e. The number of nitrogens with zero attached hydrogens (tertiary/aromatic N) is 1. The normalized spacial score (nSPS) is 15.6. The van der Waals surface area contributed by atoms with Crippen molar-refractivity contribution in [2.24, 2.45) is 0 Å². The summed E-state index contributed by atoms with van der Waals surface area (Å²) in [6.07, 6.45) is 0.912. The molecule has 2 aromatic carbocycles. The van der Waals surface area contributed by atoms with Crippen molar-refractivity contribution in [3.8, 4) is 17.2 Å². The van der Waals surface area contributed by atoms with Crippen molar-refractivity contribution < 1.29 is 23.8 Å². The van der Waals surface area contributed by atoms with Crippen molar-refractivity contribution in [3.63, 3.8) is 0 Å². The molecule has 1 N–H and O–H groups in total. The molecule has 0 unspecified atom stereocenters. The highest BCUT2D eigenvalue weighted by Crippen LogP contribution is 2.35.